The summed E-state index contributed by atoms with van der Waals surface area (Å²) < 4.78 is 4.69. The highest BCUT2D eigenvalue weighted by molar-refractivity contribution is 6.22. The van der Waals surface area contributed by atoms with Crippen molar-refractivity contribution < 1.29 is 0 Å². The largest absolute Gasteiger partial charge is 0.309 e. The van der Waals surface area contributed by atoms with Gasteiger partial charge in [-0.25, -0.2) is 9.97 Å². The van der Waals surface area contributed by atoms with Crippen molar-refractivity contribution in [3.8, 4) is 51.3 Å². The average Bonchev–Trinajstić information content (AvgIpc) is 3.72. The number of aromatic nitrogens is 4. The van der Waals surface area contributed by atoms with Gasteiger partial charge in [-0.1, -0.05) is 127 Å². The summed E-state index contributed by atoms with van der Waals surface area (Å²) in [6.45, 7) is 0. The summed E-state index contributed by atoms with van der Waals surface area (Å²) in [6, 6.07) is 63.1. The van der Waals surface area contributed by atoms with E-state index in [4.69, 9.17) is 9.97 Å². The summed E-state index contributed by atoms with van der Waals surface area (Å²) in [6.07, 6.45) is 0. The number of para-hydroxylation sites is 3. The first-order valence-corrected chi connectivity index (χ1v) is 17.3. The standard InChI is InChI=1S/C47H29N5/c48-30-39-45(31-16-5-1-6-17-31)49-47(32-18-7-2-8-19-32)50-46(39)36-25-15-27-41-44(36)38-28-37-35-24-13-14-26-40(35)51(33-20-9-3-10-21-33)42(37)29-43(38)52(41)34-22-11-4-12-23-34/h1-29H. The van der Waals surface area contributed by atoms with Gasteiger partial charge >= 0.3 is 0 Å². The van der Waals surface area contributed by atoms with Crippen LogP contribution in [0.1, 0.15) is 5.56 Å². The molecule has 0 amide bonds. The quantitative estimate of drug-likeness (QED) is 0.184. The van der Waals surface area contributed by atoms with Gasteiger partial charge in [-0.2, -0.15) is 5.26 Å². The molecule has 0 radical (unpaired) electrons. The maximum absolute atomic E-state index is 10.9. The van der Waals surface area contributed by atoms with Gasteiger partial charge in [0.1, 0.15) is 11.6 Å². The van der Waals surface area contributed by atoms with Crippen molar-refractivity contribution >= 4 is 43.6 Å². The molecule has 0 N–H and O–H groups in total. The van der Waals surface area contributed by atoms with Crippen molar-refractivity contribution in [2.24, 2.45) is 0 Å². The van der Waals surface area contributed by atoms with E-state index in [0.717, 1.165) is 66.3 Å². The fourth-order valence-electron chi connectivity index (χ4n) is 7.72. The minimum atomic E-state index is 0.445. The number of benzene rings is 7. The molecule has 0 atom stereocenters. The fraction of sp³-hybridized carbons (Fsp3) is 0. The van der Waals surface area contributed by atoms with Gasteiger partial charge in [0.15, 0.2) is 5.82 Å². The van der Waals surface area contributed by atoms with Crippen molar-refractivity contribution in [1.29, 1.82) is 5.26 Å². The first-order chi connectivity index (χ1) is 25.8. The van der Waals surface area contributed by atoms with E-state index >= 15 is 0 Å². The monoisotopic (exact) mass is 663 g/mol. The molecule has 0 saturated carbocycles. The van der Waals surface area contributed by atoms with Crippen molar-refractivity contribution in [3.05, 3.63) is 181 Å². The molecule has 0 fully saturated rings. The SMILES string of the molecule is N#Cc1c(-c2ccccc2)nc(-c2ccccc2)nc1-c1cccc2c1c1cc3c4ccccc4n(-c4ccccc4)c3cc1n2-c1ccccc1. The Balaban J connectivity index is 1.37. The molecule has 10 aromatic rings. The van der Waals surface area contributed by atoms with Gasteiger partial charge in [0.2, 0.25) is 0 Å². The molecule has 0 saturated heterocycles. The molecule has 242 valence electrons. The second-order valence-corrected chi connectivity index (χ2v) is 12.9. The predicted molar refractivity (Wildman–Crippen MR) is 212 cm³/mol. The molecule has 0 aliphatic carbocycles. The van der Waals surface area contributed by atoms with Crippen LogP contribution in [-0.2, 0) is 0 Å². The van der Waals surface area contributed by atoms with E-state index in [1.807, 2.05) is 66.7 Å². The zero-order valence-corrected chi connectivity index (χ0v) is 28.0. The van der Waals surface area contributed by atoms with Crippen LogP contribution in [0.15, 0.2) is 176 Å². The number of fused-ring (bicyclic) bond motifs is 6. The molecule has 0 spiro atoms. The Bertz CT molecular complexity index is 2990. The highest BCUT2D eigenvalue weighted by atomic mass is 15.0. The van der Waals surface area contributed by atoms with E-state index in [-0.39, 0.29) is 0 Å². The van der Waals surface area contributed by atoms with Gasteiger partial charge in [-0.3, -0.25) is 0 Å². The third-order valence-corrected chi connectivity index (χ3v) is 9.97. The van der Waals surface area contributed by atoms with E-state index in [0.29, 0.717) is 22.8 Å². The lowest BCUT2D eigenvalue weighted by atomic mass is 9.96. The Kier molecular flexibility index (Phi) is 6.80. The zero-order chi connectivity index (χ0) is 34.6. The first-order valence-electron chi connectivity index (χ1n) is 17.3. The van der Waals surface area contributed by atoms with E-state index in [1.54, 1.807) is 0 Å². The lowest BCUT2D eigenvalue weighted by Crippen LogP contribution is -2.01. The van der Waals surface area contributed by atoms with Gasteiger partial charge in [-0.05, 0) is 48.5 Å². The highest BCUT2D eigenvalue weighted by Gasteiger charge is 2.24. The molecule has 0 aliphatic rings. The minimum absolute atomic E-state index is 0.445. The Morgan fingerprint density at radius 3 is 1.63 bits per heavy atom. The maximum atomic E-state index is 10.9. The zero-order valence-electron chi connectivity index (χ0n) is 28.0. The Hall–Kier alpha value is -7.29. The van der Waals surface area contributed by atoms with Crippen LogP contribution in [0.5, 0.6) is 0 Å². The van der Waals surface area contributed by atoms with Crippen LogP contribution in [0.25, 0.3) is 88.9 Å². The summed E-state index contributed by atoms with van der Waals surface area (Å²) in [5.41, 5.74) is 10.9. The first kappa shape index (κ1) is 29.6. The van der Waals surface area contributed by atoms with Crippen LogP contribution < -0.4 is 0 Å². The van der Waals surface area contributed by atoms with Crippen LogP contribution in [0.3, 0.4) is 0 Å². The average molecular weight is 664 g/mol. The van der Waals surface area contributed by atoms with Crippen molar-refractivity contribution in [2.45, 2.75) is 0 Å². The number of hydrogen-bond acceptors (Lipinski definition) is 3. The van der Waals surface area contributed by atoms with Crippen LogP contribution in [-0.4, -0.2) is 19.1 Å². The molecule has 0 unspecified atom stereocenters. The third-order valence-electron chi connectivity index (χ3n) is 9.97. The molecule has 3 heterocycles. The summed E-state index contributed by atoms with van der Waals surface area (Å²) in [5.74, 6) is 0.575. The van der Waals surface area contributed by atoms with Gasteiger partial charge in [0, 0.05) is 49.6 Å². The van der Waals surface area contributed by atoms with Crippen molar-refractivity contribution in [1.82, 2.24) is 19.1 Å². The van der Waals surface area contributed by atoms with Gasteiger partial charge < -0.3 is 9.13 Å². The van der Waals surface area contributed by atoms with Gasteiger partial charge in [0.25, 0.3) is 0 Å². The Morgan fingerprint density at radius 2 is 0.962 bits per heavy atom. The lowest BCUT2D eigenvalue weighted by molar-refractivity contribution is 1.16. The van der Waals surface area contributed by atoms with Crippen LogP contribution in [0, 0.1) is 11.3 Å². The van der Waals surface area contributed by atoms with E-state index in [1.165, 1.54) is 5.39 Å². The molecule has 0 bridgehead atoms. The van der Waals surface area contributed by atoms with Crippen LogP contribution in [0.4, 0.5) is 0 Å². The Labute approximate surface area is 299 Å². The van der Waals surface area contributed by atoms with E-state index in [9.17, 15) is 5.26 Å². The fourth-order valence-corrected chi connectivity index (χ4v) is 7.72. The number of hydrogen-bond donors (Lipinski definition) is 0. The maximum Gasteiger partial charge on any atom is 0.160 e. The van der Waals surface area contributed by atoms with E-state index < -0.39 is 0 Å². The number of nitrogens with zero attached hydrogens (tertiary/aromatic N) is 5. The number of rotatable bonds is 5. The molecular weight excluding hydrogens is 635 g/mol. The molecule has 5 nitrogen and oxygen atoms in total. The topological polar surface area (TPSA) is 59.4 Å². The van der Waals surface area contributed by atoms with Crippen LogP contribution in [0.2, 0.25) is 0 Å². The lowest BCUT2D eigenvalue weighted by Gasteiger charge is -2.13. The smallest absolute Gasteiger partial charge is 0.160 e. The molecule has 3 aromatic heterocycles. The van der Waals surface area contributed by atoms with Crippen LogP contribution >= 0.6 is 0 Å². The Morgan fingerprint density at radius 1 is 0.423 bits per heavy atom. The summed E-state index contributed by atoms with van der Waals surface area (Å²) >= 11 is 0. The second-order valence-electron chi connectivity index (χ2n) is 12.9. The molecule has 52 heavy (non-hydrogen) atoms. The molecular formula is C47H29N5. The van der Waals surface area contributed by atoms with Crippen molar-refractivity contribution in [2.75, 3.05) is 0 Å². The van der Waals surface area contributed by atoms with Crippen molar-refractivity contribution in [3.63, 3.8) is 0 Å². The normalized spacial score (nSPS) is 11.4. The molecule has 0 aliphatic heterocycles. The highest BCUT2D eigenvalue weighted by Crippen LogP contribution is 2.44. The van der Waals surface area contributed by atoms with Gasteiger partial charge in [-0.15, -0.1) is 0 Å². The van der Waals surface area contributed by atoms with Gasteiger partial charge in [0.05, 0.1) is 33.5 Å². The second kappa shape index (κ2) is 11.9. The van der Waals surface area contributed by atoms with E-state index in [2.05, 4.69) is 124 Å². The third kappa shape index (κ3) is 4.56. The summed E-state index contributed by atoms with van der Waals surface area (Å²) in [4.78, 5) is 10.2. The molecule has 10 rings (SSSR count). The molecule has 5 heteroatoms. The summed E-state index contributed by atoms with van der Waals surface area (Å²) in [7, 11) is 0. The number of nitriles is 1. The summed E-state index contributed by atoms with van der Waals surface area (Å²) in [5, 5.41) is 15.3. The molecule has 7 aromatic carbocycles. The predicted octanol–water partition coefficient (Wildman–Crippen LogP) is 11.5. The minimum Gasteiger partial charge on any atom is -0.309 e.